The lowest BCUT2D eigenvalue weighted by Crippen LogP contribution is -2.38. The van der Waals surface area contributed by atoms with Gasteiger partial charge in [-0.05, 0) is 53.9 Å². The number of benzene rings is 2. The van der Waals surface area contributed by atoms with E-state index in [0.717, 1.165) is 23.5 Å². The fraction of sp³-hybridized carbons (Fsp3) is 0.278. The third-order valence-corrected chi connectivity index (χ3v) is 4.24. The summed E-state index contributed by atoms with van der Waals surface area (Å²) in [5, 5.41) is 0. The molecule has 5 nitrogen and oxygen atoms in total. The van der Waals surface area contributed by atoms with Crippen molar-refractivity contribution in [2.75, 3.05) is 19.9 Å². The molecule has 2 aliphatic heterocycles. The Labute approximate surface area is 138 Å². The highest BCUT2D eigenvalue weighted by Crippen LogP contribution is 2.36. The van der Waals surface area contributed by atoms with Crippen LogP contribution in [0, 0.1) is 5.82 Å². The van der Waals surface area contributed by atoms with Crippen LogP contribution in [0.15, 0.2) is 36.4 Å². The number of rotatable bonds is 3. The van der Waals surface area contributed by atoms with Gasteiger partial charge in [0.05, 0.1) is 0 Å². The predicted octanol–water partition coefficient (Wildman–Crippen LogP) is 2.52. The number of ether oxygens (including phenoxy) is 3. The van der Waals surface area contributed by atoms with Crippen LogP contribution in [-0.4, -0.2) is 30.8 Å². The van der Waals surface area contributed by atoms with Crippen LogP contribution in [0.25, 0.3) is 0 Å². The average molecular weight is 329 g/mol. The summed E-state index contributed by atoms with van der Waals surface area (Å²) < 4.78 is 29.1. The first-order chi connectivity index (χ1) is 11.7. The van der Waals surface area contributed by atoms with Crippen molar-refractivity contribution in [3.05, 3.63) is 53.3 Å². The van der Waals surface area contributed by atoms with Gasteiger partial charge < -0.3 is 19.1 Å². The molecule has 0 saturated carbocycles. The summed E-state index contributed by atoms with van der Waals surface area (Å²) >= 11 is 0. The smallest absolute Gasteiger partial charge is 0.260 e. The Bertz CT molecular complexity index is 775. The van der Waals surface area contributed by atoms with E-state index in [1.54, 1.807) is 4.90 Å². The maximum atomic E-state index is 12.9. The Morgan fingerprint density at radius 3 is 2.58 bits per heavy atom. The van der Waals surface area contributed by atoms with Gasteiger partial charge in [0.15, 0.2) is 18.1 Å². The molecule has 2 aliphatic rings. The molecule has 0 unspecified atom stereocenters. The monoisotopic (exact) mass is 329 g/mol. The van der Waals surface area contributed by atoms with Crippen molar-refractivity contribution in [2.24, 2.45) is 0 Å². The second-order valence-corrected chi connectivity index (χ2v) is 5.78. The number of halogens is 1. The van der Waals surface area contributed by atoms with Crippen LogP contribution < -0.4 is 14.2 Å². The van der Waals surface area contributed by atoms with E-state index in [9.17, 15) is 9.18 Å². The number of amides is 1. The van der Waals surface area contributed by atoms with Crippen molar-refractivity contribution < 1.29 is 23.4 Å². The molecule has 0 N–H and O–H groups in total. The van der Waals surface area contributed by atoms with Crippen molar-refractivity contribution in [2.45, 2.75) is 13.0 Å². The van der Waals surface area contributed by atoms with Gasteiger partial charge >= 0.3 is 0 Å². The molecule has 2 aromatic rings. The van der Waals surface area contributed by atoms with E-state index in [4.69, 9.17) is 14.2 Å². The Morgan fingerprint density at radius 1 is 1.12 bits per heavy atom. The summed E-state index contributed by atoms with van der Waals surface area (Å²) in [5.41, 5.74) is 2.25. The molecule has 124 valence electrons. The maximum absolute atomic E-state index is 12.9. The second-order valence-electron chi connectivity index (χ2n) is 5.78. The zero-order chi connectivity index (χ0) is 16.5. The lowest BCUT2D eigenvalue weighted by atomic mass is 9.99. The van der Waals surface area contributed by atoms with Crippen LogP contribution in [0.2, 0.25) is 0 Å². The molecule has 0 spiro atoms. The molecule has 0 saturated heterocycles. The highest BCUT2D eigenvalue weighted by Gasteiger charge is 2.24. The number of carbonyl (C=O) groups is 1. The van der Waals surface area contributed by atoms with Crippen molar-refractivity contribution in [3.63, 3.8) is 0 Å². The molecule has 0 aromatic heterocycles. The van der Waals surface area contributed by atoms with E-state index in [0.29, 0.717) is 18.8 Å². The molecule has 0 radical (unpaired) electrons. The predicted molar refractivity (Wildman–Crippen MR) is 83.6 cm³/mol. The van der Waals surface area contributed by atoms with Crippen LogP contribution in [0.3, 0.4) is 0 Å². The van der Waals surface area contributed by atoms with E-state index in [-0.39, 0.29) is 25.1 Å². The molecule has 0 atom stereocenters. The van der Waals surface area contributed by atoms with E-state index in [2.05, 4.69) is 0 Å². The Morgan fingerprint density at radius 2 is 1.83 bits per heavy atom. The Kier molecular flexibility index (Phi) is 3.72. The van der Waals surface area contributed by atoms with Crippen LogP contribution >= 0.6 is 0 Å². The van der Waals surface area contributed by atoms with Gasteiger partial charge in [0.2, 0.25) is 6.79 Å². The molecule has 1 amide bonds. The minimum atomic E-state index is -0.333. The highest BCUT2D eigenvalue weighted by atomic mass is 19.1. The van der Waals surface area contributed by atoms with Crippen molar-refractivity contribution in [1.82, 2.24) is 4.90 Å². The molecule has 4 rings (SSSR count). The number of fused-ring (bicyclic) bond motifs is 2. The Hall–Kier alpha value is -2.76. The van der Waals surface area contributed by atoms with Crippen LogP contribution in [0.5, 0.6) is 17.2 Å². The van der Waals surface area contributed by atoms with Gasteiger partial charge in [-0.3, -0.25) is 4.79 Å². The number of hydrogen-bond donors (Lipinski definition) is 0. The molecule has 0 aliphatic carbocycles. The first-order valence-electron chi connectivity index (χ1n) is 7.76. The number of carbonyl (C=O) groups excluding carboxylic acids is 1. The molecular weight excluding hydrogens is 313 g/mol. The minimum Gasteiger partial charge on any atom is -0.484 e. The lowest BCUT2D eigenvalue weighted by Gasteiger charge is -2.29. The van der Waals surface area contributed by atoms with Gasteiger partial charge in [0, 0.05) is 13.1 Å². The molecular formula is C18H16FNO4. The first kappa shape index (κ1) is 14.8. The molecule has 24 heavy (non-hydrogen) atoms. The normalized spacial score (nSPS) is 15.1. The van der Waals surface area contributed by atoms with Crippen LogP contribution in [-0.2, 0) is 17.8 Å². The summed E-state index contributed by atoms with van der Waals surface area (Å²) in [6.45, 7) is 1.34. The zero-order valence-corrected chi connectivity index (χ0v) is 13.0. The largest absolute Gasteiger partial charge is 0.484 e. The summed E-state index contributed by atoms with van der Waals surface area (Å²) in [4.78, 5) is 14.1. The molecule has 0 bridgehead atoms. The summed E-state index contributed by atoms with van der Waals surface area (Å²) in [7, 11) is 0. The van der Waals surface area contributed by atoms with Gasteiger partial charge in [-0.25, -0.2) is 4.39 Å². The SMILES string of the molecule is O=C(COc1ccc(F)cc1)N1CCc2cc3c(cc2C1)OCO3. The third kappa shape index (κ3) is 2.87. The Balaban J connectivity index is 1.40. The first-order valence-corrected chi connectivity index (χ1v) is 7.76. The van der Waals surface area contributed by atoms with E-state index in [1.807, 2.05) is 12.1 Å². The van der Waals surface area contributed by atoms with E-state index < -0.39 is 0 Å². The zero-order valence-electron chi connectivity index (χ0n) is 13.0. The number of hydrogen-bond acceptors (Lipinski definition) is 4. The van der Waals surface area contributed by atoms with Crippen LogP contribution in [0.4, 0.5) is 4.39 Å². The summed E-state index contributed by atoms with van der Waals surface area (Å²) in [6, 6.07) is 9.56. The quantitative estimate of drug-likeness (QED) is 0.868. The van der Waals surface area contributed by atoms with Crippen molar-refractivity contribution in [3.8, 4) is 17.2 Å². The van der Waals surface area contributed by atoms with Gasteiger partial charge in [-0.1, -0.05) is 0 Å². The lowest BCUT2D eigenvalue weighted by molar-refractivity contribution is -0.134. The number of nitrogens with zero attached hydrogens (tertiary/aromatic N) is 1. The molecule has 6 heteroatoms. The second kappa shape index (κ2) is 6.03. The van der Waals surface area contributed by atoms with Crippen molar-refractivity contribution >= 4 is 5.91 Å². The summed E-state index contributed by atoms with van der Waals surface area (Å²) in [6.07, 6.45) is 0.772. The standard InChI is InChI=1S/C18H16FNO4/c19-14-1-3-15(4-2-14)22-10-18(21)20-6-5-12-7-16-17(24-11-23-16)8-13(12)9-20/h1-4,7-8H,5-6,9-11H2. The average Bonchev–Trinajstić information content (AvgIpc) is 3.05. The minimum absolute atomic E-state index is 0.0640. The summed E-state index contributed by atoms with van der Waals surface area (Å²) in [5.74, 6) is 1.55. The van der Waals surface area contributed by atoms with Gasteiger partial charge in [-0.15, -0.1) is 0 Å². The topological polar surface area (TPSA) is 48.0 Å². The van der Waals surface area contributed by atoms with Crippen molar-refractivity contribution in [1.29, 1.82) is 0 Å². The third-order valence-electron chi connectivity index (χ3n) is 4.24. The van der Waals surface area contributed by atoms with Gasteiger partial charge in [-0.2, -0.15) is 0 Å². The molecule has 2 aromatic carbocycles. The van der Waals surface area contributed by atoms with E-state index in [1.165, 1.54) is 29.8 Å². The highest BCUT2D eigenvalue weighted by molar-refractivity contribution is 5.78. The fourth-order valence-corrected chi connectivity index (χ4v) is 2.93. The fourth-order valence-electron chi connectivity index (χ4n) is 2.93. The molecule has 2 heterocycles. The van der Waals surface area contributed by atoms with Gasteiger partial charge in [0.25, 0.3) is 5.91 Å². The van der Waals surface area contributed by atoms with E-state index >= 15 is 0 Å². The molecule has 0 fully saturated rings. The van der Waals surface area contributed by atoms with Crippen LogP contribution in [0.1, 0.15) is 11.1 Å². The van der Waals surface area contributed by atoms with Gasteiger partial charge in [0.1, 0.15) is 11.6 Å². The maximum Gasteiger partial charge on any atom is 0.260 e.